The van der Waals surface area contributed by atoms with Crippen molar-refractivity contribution in [1.82, 2.24) is 4.98 Å². The zero-order valence-electron chi connectivity index (χ0n) is 7.85. The molecular weight excluding hydrogens is 210 g/mol. The zero-order chi connectivity index (χ0) is 10.7. The van der Waals surface area contributed by atoms with Gasteiger partial charge in [-0.1, -0.05) is 24.3 Å². The molecule has 0 aliphatic carbocycles. The number of hydrogen-bond donors (Lipinski definition) is 0. The first-order valence-corrected chi connectivity index (χ1v) is 4.87. The van der Waals surface area contributed by atoms with Gasteiger partial charge in [-0.2, -0.15) is 0 Å². The van der Waals surface area contributed by atoms with E-state index < -0.39 is 5.24 Å². The Balaban J connectivity index is 2.58. The Morgan fingerprint density at radius 1 is 1.07 bits per heavy atom. The Labute approximate surface area is 92.5 Å². The lowest BCUT2D eigenvalue weighted by Crippen LogP contribution is -1.94. The molecule has 3 heteroatoms. The molecule has 0 aliphatic heterocycles. The molecule has 0 unspecified atom stereocenters. The number of aromatic nitrogens is 1. The molecular formula is C12H8ClNO. The summed E-state index contributed by atoms with van der Waals surface area (Å²) < 4.78 is 0. The van der Waals surface area contributed by atoms with Crippen LogP contribution in [0.1, 0.15) is 10.4 Å². The molecule has 0 saturated carbocycles. The Morgan fingerprint density at radius 2 is 1.80 bits per heavy atom. The van der Waals surface area contributed by atoms with Crippen molar-refractivity contribution in [2.24, 2.45) is 0 Å². The number of carbonyl (C=O) groups excluding carboxylic acids is 1. The second kappa shape index (κ2) is 4.24. The zero-order valence-corrected chi connectivity index (χ0v) is 8.61. The number of halogens is 1. The lowest BCUT2D eigenvalue weighted by atomic mass is 10.1. The van der Waals surface area contributed by atoms with E-state index in [9.17, 15) is 4.79 Å². The molecule has 1 heterocycles. The van der Waals surface area contributed by atoms with E-state index in [0.29, 0.717) is 5.56 Å². The van der Waals surface area contributed by atoms with Crippen LogP contribution >= 0.6 is 11.6 Å². The highest BCUT2D eigenvalue weighted by atomic mass is 35.5. The number of pyridine rings is 1. The van der Waals surface area contributed by atoms with Gasteiger partial charge < -0.3 is 0 Å². The smallest absolute Gasteiger partial charge is 0.253 e. The Hall–Kier alpha value is -1.67. The van der Waals surface area contributed by atoms with E-state index in [1.165, 1.54) is 0 Å². The van der Waals surface area contributed by atoms with Gasteiger partial charge in [-0.25, -0.2) is 0 Å². The van der Waals surface area contributed by atoms with Gasteiger partial charge in [0.25, 0.3) is 5.24 Å². The molecule has 0 aliphatic rings. The van der Waals surface area contributed by atoms with Gasteiger partial charge in [-0.15, -0.1) is 0 Å². The van der Waals surface area contributed by atoms with Crippen LogP contribution in [0.4, 0.5) is 0 Å². The first kappa shape index (κ1) is 9.87. The largest absolute Gasteiger partial charge is 0.276 e. The van der Waals surface area contributed by atoms with Crippen molar-refractivity contribution >= 4 is 16.8 Å². The maximum Gasteiger partial charge on any atom is 0.253 e. The van der Waals surface area contributed by atoms with Gasteiger partial charge in [-0.05, 0) is 29.8 Å². The summed E-state index contributed by atoms with van der Waals surface area (Å²) in [6, 6.07) is 12.7. The van der Waals surface area contributed by atoms with Gasteiger partial charge >= 0.3 is 0 Å². The van der Waals surface area contributed by atoms with Crippen LogP contribution in [-0.2, 0) is 0 Å². The molecule has 2 nitrogen and oxygen atoms in total. The predicted octanol–water partition coefficient (Wildman–Crippen LogP) is 3.13. The second-order valence-electron chi connectivity index (χ2n) is 3.03. The van der Waals surface area contributed by atoms with Crippen LogP contribution in [0.3, 0.4) is 0 Å². The summed E-state index contributed by atoms with van der Waals surface area (Å²) in [7, 11) is 0. The Bertz CT molecular complexity index is 482. The molecule has 1 aromatic carbocycles. The minimum atomic E-state index is -0.462. The fourth-order valence-corrected chi connectivity index (χ4v) is 1.56. The van der Waals surface area contributed by atoms with E-state index in [1.807, 2.05) is 30.3 Å². The number of hydrogen-bond acceptors (Lipinski definition) is 2. The highest BCUT2D eigenvalue weighted by molar-refractivity contribution is 6.68. The van der Waals surface area contributed by atoms with Gasteiger partial charge in [0, 0.05) is 17.3 Å². The van der Waals surface area contributed by atoms with E-state index in [1.54, 1.807) is 18.3 Å². The highest BCUT2D eigenvalue weighted by Gasteiger charge is 2.09. The first-order chi connectivity index (χ1) is 7.29. The summed E-state index contributed by atoms with van der Waals surface area (Å²) in [4.78, 5) is 15.4. The van der Waals surface area contributed by atoms with Gasteiger partial charge in [0.1, 0.15) is 0 Å². The van der Waals surface area contributed by atoms with Crippen LogP contribution < -0.4 is 0 Å². The molecule has 0 spiro atoms. The molecule has 0 N–H and O–H groups in total. The molecule has 15 heavy (non-hydrogen) atoms. The fraction of sp³-hybridized carbons (Fsp3) is 0. The average molecular weight is 218 g/mol. The van der Waals surface area contributed by atoms with Gasteiger partial charge in [0.2, 0.25) is 0 Å². The van der Waals surface area contributed by atoms with Crippen molar-refractivity contribution in [3.8, 4) is 11.3 Å². The van der Waals surface area contributed by atoms with Crippen molar-refractivity contribution in [2.75, 3.05) is 0 Å². The van der Waals surface area contributed by atoms with Crippen LogP contribution in [0.5, 0.6) is 0 Å². The third-order valence-corrected chi connectivity index (χ3v) is 2.28. The maximum atomic E-state index is 11.2. The summed E-state index contributed by atoms with van der Waals surface area (Å²) in [5.41, 5.74) is 2.00. The van der Waals surface area contributed by atoms with Gasteiger partial charge in [0.15, 0.2) is 0 Å². The van der Waals surface area contributed by atoms with E-state index in [4.69, 9.17) is 11.6 Å². The van der Waals surface area contributed by atoms with E-state index in [2.05, 4.69) is 4.98 Å². The molecule has 2 aromatic rings. The fourth-order valence-electron chi connectivity index (χ4n) is 1.40. The molecule has 0 amide bonds. The van der Waals surface area contributed by atoms with Crippen molar-refractivity contribution in [2.45, 2.75) is 0 Å². The van der Waals surface area contributed by atoms with Crippen LogP contribution in [-0.4, -0.2) is 10.2 Å². The summed E-state index contributed by atoms with van der Waals surface area (Å²) in [6.07, 6.45) is 1.69. The minimum absolute atomic E-state index is 0.462. The molecule has 74 valence electrons. The van der Waals surface area contributed by atoms with Crippen LogP contribution in [0.15, 0.2) is 48.7 Å². The van der Waals surface area contributed by atoms with Crippen molar-refractivity contribution in [3.05, 3.63) is 54.2 Å². The molecule has 2 rings (SSSR count). The molecule has 0 radical (unpaired) electrons. The second-order valence-corrected chi connectivity index (χ2v) is 3.38. The monoisotopic (exact) mass is 217 g/mol. The Kier molecular flexibility index (Phi) is 2.79. The molecule has 0 bridgehead atoms. The third-order valence-electron chi connectivity index (χ3n) is 2.08. The van der Waals surface area contributed by atoms with Crippen molar-refractivity contribution in [1.29, 1.82) is 0 Å². The van der Waals surface area contributed by atoms with Gasteiger partial charge in [-0.3, -0.25) is 9.78 Å². The Morgan fingerprint density at radius 3 is 2.47 bits per heavy atom. The summed E-state index contributed by atoms with van der Waals surface area (Å²) in [5, 5.41) is -0.462. The van der Waals surface area contributed by atoms with Crippen LogP contribution in [0.2, 0.25) is 0 Å². The quantitative estimate of drug-likeness (QED) is 0.724. The first-order valence-electron chi connectivity index (χ1n) is 4.49. The number of benzene rings is 1. The van der Waals surface area contributed by atoms with E-state index in [-0.39, 0.29) is 0 Å². The van der Waals surface area contributed by atoms with Crippen molar-refractivity contribution in [3.63, 3.8) is 0 Å². The van der Waals surface area contributed by atoms with Gasteiger partial charge in [0.05, 0.1) is 5.69 Å². The number of nitrogens with zero attached hydrogens (tertiary/aromatic N) is 1. The topological polar surface area (TPSA) is 30.0 Å². The number of rotatable bonds is 2. The van der Waals surface area contributed by atoms with Crippen LogP contribution in [0, 0.1) is 0 Å². The molecule has 0 atom stereocenters. The summed E-state index contributed by atoms with van der Waals surface area (Å²) >= 11 is 5.49. The third kappa shape index (κ3) is 2.05. The molecule has 1 aromatic heterocycles. The standard InChI is InChI=1S/C12H8ClNO/c13-12(15)10-6-2-1-5-9(10)11-7-3-4-8-14-11/h1-8H. The van der Waals surface area contributed by atoms with Crippen molar-refractivity contribution < 1.29 is 4.79 Å². The molecule has 0 fully saturated rings. The molecule has 0 saturated heterocycles. The lowest BCUT2D eigenvalue weighted by molar-refractivity contribution is 0.108. The van der Waals surface area contributed by atoms with Crippen LogP contribution in [0.25, 0.3) is 11.3 Å². The highest BCUT2D eigenvalue weighted by Crippen LogP contribution is 2.22. The number of carbonyl (C=O) groups is 1. The predicted molar refractivity (Wildman–Crippen MR) is 59.9 cm³/mol. The summed E-state index contributed by atoms with van der Waals surface area (Å²) in [5.74, 6) is 0. The maximum absolute atomic E-state index is 11.2. The summed E-state index contributed by atoms with van der Waals surface area (Å²) in [6.45, 7) is 0. The SMILES string of the molecule is O=C(Cl)c1ccccc1-c1ccccn1. The average Bonchev–Trinajstić information content (AvgIpc) is 2.30. The lowest BCUT2D eigenvalue weighted by Gasteiger charge is -2.04. The van der Waals surface area contributed by atoms with E-state index in [0.717, 1.165) is 11.3 Å². The van der Waals surface area contributed by atoms with E-state index >= 15 is 0 Å². The normalized spacial score (nSPS) is 9.93. The minimum Gasteiger partial charge on any atom is -0.276 e.